The Kier molecular flexibility index (Phi) is 4.68. The van der Waals surface area contributed by atoms with Crippen molar-refractivity contribution in [3.63, 3.8) is 0 Å². The molecular weight excluding hydrogens is 376 g/mol. The van der Waals surface area contributed by atoms with Gasteiger partial charge in [-0.2, -0.15) is 0 Å². The van der Waals surface area contributed by atoms with Crippen molar-refractivity contribution in [1.29, 1.82) is 0 Å². The van der Waals surface area contributed by atoms with Crippen LogP contribution in [0.25, 0.3) is 21.3 Å². The third kappa shape index (κ3) is 3.25. The van der Waals surface area contributed by atoms with Gasteiger partial charge in [0.05, 0.1) is 5.39 Å². The summed E-state index contributed by atoms with van der Waals surface area (Å²) in [7, 11) is 0. The molecule has 2 aromatic carbocycles. The first kappa shape index (κ1) is 18.1. The maximum absolute atomic E-state index is 4.72. The highest BCUT2D eigenvalue weighted by Crippen LogP contribution is 2.38. The Balaban J connectivity index is 1.45. The number of rotatable bonds is 3. The zero-order chi connectivity index (χ0) is 19.8. The average molecular weight is 401 g/mol. The van der Waals surface area contributed by atoms with E-state index in [0.29, 0.717) is 0 Å². The third-order valence-corrected chi connectivity index (χ3v) is 6.82. The number of hydrogen-bond acceptors (Lipinski definition) is 5. The number of nitrogens with zero attached hydrogens (tertiary/aromatic N) is 4. The van der Waals surface area contributed by atoms with Gasteiger partial charge in [0.25, 0.3) is 0 Å². The molecule has 0 radical (unpaired) electrons. The van der Waals surface area contributed by atoms with Crippen molar-refractivity contribution >= 4 is 33.1 Å². The highest BCUT2D eigenvalue weighted by molar-refractivity contribution is 7.17. The van der Waals surface area contributed by atoms with Crippen molar-refractivity contribution in [2.45, 2.75) is 13.8 Å². The number of fused-ring (bicyclic) bond motifs is 1. The molecule has 29 heavy (non-hydrogen) atoms. The molecule has 0 atom stereocenters. The maximum atomic E-state index is 4.72. The molecule has 0 unspecified atom stereocenters. The van der Waals surface area contributed by atoms with Crippen LogP contribution in [0.4, 0.5) is 11.5 Å². The number of piperazine rings is 1. The maximum Gasteiger partial charge on any atom is 0.141 e. The summed E-state index contributed by atoms with van der Waals surface area (Å²) in [5.74, 6) is 1.07. The van der Waals surface area contributed by atoms with E-state index in [1.807, 2.05) is 0 Å². The minimum Gasteiger partial charge on any atom is -0.368 e. The summed E-state index contributed by atoms with van der Waals surface area (Å²) in [6.07, 6.45) is 1.71. The SMILES string of the molecule is Cc1cccc(N2CCN(c3ncnc4scc(-c5ccccc5)c34)CC2)c1C. The van der Waals surface area contributed by atoms with Gasteiger partial charge in [0.1, 0.15) is 17.0 Å². The van der Waals surface area contributed by atoms with E-state index in [-0.39, 0.29) is 0 Å². The molecular formula is C24H24N4S. The molecule has 0 N–H and O–H groups in total. The zero-order valence-electron chi connectivity index (χ0n) is 16.8. The van der Waals surface area contributed by atoms with Gasteiger partial charge in [-0.25, -0.2) is 9.97 Å². The van der Waals surface area contributed by atoms with Crippen LogP contribution in [-0.4, -0.2) is 36.1 Å². The molecule has 0 aliphatic carbocycles. The van der Waals surface area contributed by atoms with Crippen molar-refractivity contribution in [2.75, 3.05) is 36.0 Å². The summed E-state index contributed by atoms with van der Waals surface area (Å²) in [5, 5.41) is 3.40. The van der Waals surface area contributed by atoms with E-state index >= 15 is 0 Å². The smallest absolute Gasteiger partial charge is 0.141 e. The summed E-state index contributed by atoms with van der Waals surface area (Å²) < 4.78 is 0. The molecule has 0 bridgehead atoms. The van der Waals surface area contributed by atoms with Crippen LogP contribution in [0.3, 0.4) is 0 Å². The fraction of sp³-hybridized carbons (Fsp3) is 0.250. The van der Waals surface area contributed by atoms with Gasteiger partial charge in [-0.05, 0) is 36.6 Å². The van der Waals surface area contributed by atoms with E-state index in [1.165, 1.54) is 33.3 Å². The Morgan fingerprint density at radius 1 is 0.828 bits per heavy atom. The largest absolute Gasteiger partial charge is 0.368 e. The molecule has 5 heteroatoms. The van der Waals surface area contributed by atoms with Gasteiger partial charge < -0.3 is 9.80 Å². The molecule has 5 rings (SSSR count). The normalized spacial score (nSPS) is 14.6. The molecule has 1 aliphatic rings. The standard InChI is InChI=1S/C24H24N4S/c1-17-7-6-10-21(18(17)2)27-11-13-28(14-12-27)23-22-20(19-8-4-3-5-9-19)15-29-24(22)26-16-25-23/h3-10,15-16H,11-14H2,1-2H3. The summed E-state index contributed by atoms with van der Waals surface area (Å²) >= 11 is 1.70. The molecule has 0 amide bonds. The minimum atomic E-state index is 0.962. The Hall–Kier alpha value is -2.92. The van der Waals surface area contributed by atoms with E-state index in [0.717, 1.165) is 36.8 Å². The second-order valence-electron chi connectivity index (χ2n) is 7.59. The van der Waals surface area contributed by atoms with Crippen LogP contribution in [0.5, 0.6) is 0 Å². The number of anilines is 2. The Labute approximate surface area is 175 Å². The number of hydrogen-bond donors (Lipinski definition) is 0. The monoisotopic (exact) mass is 400 g/mol. The second kappa shape index (κ2) is 7.48. The van der Waals surface area contributed by atoms with Crippen LogP contribution in [0.2, 0.25) is 0 Å². The first-order valence-corrected chi connectivity index (χ1v) is 10.9. The number of aromatic nitrogens is 2. The lowest BCUT2D eigenvalue weighted by atomic mass is 10.1. The highest BCUT2D eigenvalue weighted by atomic mass is 32.1. The van der Waals surface area contributed by atoms with Gasteiger partial charge in [-0.1, -0.05) is 42.5 Å². The van der Waals surface area contributed by atoms with Gasteiger partial charge in [0.2, 0.25) is 0 Å². The lowest BCUT2D eigenvalue weighted by molar-refractivity contribution is 0.647. The van der Waals surface area contributed by atoms with E-state index in [1.54, 1.807) is 17.7 Å². The molecule has 146 valence electrons. The van der Waals surface area contributed by atoms with Crippen LogP contribution in [0.1, 0.15) is 11.1 Å². The average Bonchev–Trinajstić information content (AvgIpc) is 3.21. The van der Waals surface area contributed by atoms with Crippen LogP contribution < -0.4 is 9.80 Å². The number of thiophene rings is 1. The quantitative estimate of drug-likeness (QED) is 0.467. The Morgan fingerprint density at radius 3 is 2.38 bits per heavy atom. The fourth-order valence-electron chi connectivity index (χ4n) is 4.17. The summed E-state index contributed by atoms with van der Waals surface area (Å²) in [5.41, 5.74) is 6.56. The van der Waals surface area contributed by atoms with E-state index < -0.39 is 0 Å². The van der Waals surface area contributed by atoms with Gasteiger partial charge in [-0.3, -0.25) is 0 Å². The van der Waals surface area contributed by atoms with Crippen LogP contribution in [0, 0.1) is 13.8 Å². The molecule has 0 spiro atoms. The van der Waals surface area contributed by atoms with E-state index in [2.05, 4.69) is 82.5 Å². The van der Waals surface area contributed by atoms with Crippen molar-refractivity contribution < 1.29 is 0 Å². The Morgan fingerprint density at radius 2 is 1.59 bits per heavy atom. The van der Waals surface area contributed by atoms with E-state index in [4.69, 9.17) is 4.98 Å². The predicted octanol–water partition coefficient (Wildman–Crippen LogP) is 5.30. The summed E-state index contributed by atoms with van der Waals surface area (Å²) in [6.45, 7) is 8.34. The van der Waals surface area contributed by atoms with Crippen LogP contribution in [-0.2, 0) is 0 Å². The summed E-state index contributed by atoms with van der Waals surface area (Å²) in [6, 6.07) is 17.2. The van der Waals surface area contributed by atoms with Crippen LogP contribution >= 0.6 is 11.3 Å². The predicted molar refractivity (Wildman–Crippen MR) is 123 cm³/mol. The van der Waals surface area contributed by atoms with Gasteiger partial charge in [0, 0.05) is 42.8 Å². The van der Waals surface area contributed by atoms with Gasteiger partial charge in [-0.15, -0.1) is 11.3 Å². The zero-order valence-corrected chi connectivity index (χ0v) is 17.6. The van der Waals surface area contributed by atoms with E-state index in [9.17, 15) is 0 Å². The molecule has 0 saturated carbocycles. The molecule has 2 aromatic heterocycles. The minimum absolute atomic E-state index is 0.962. The van der Waals surface area contributed by atoms with Gasteiger partial charge >= 0.3 is 0 Å². The lowest BCUT2D eigenvalue weighted by Gasteiger charge is -2.37. The lowest BCUT2D eigenvalue weighted by Crippen LogP contribution is -2.47. The molecule has 4 nitrogen and oxygen atoms in total. The van der Waals surface area contributed by atoms with Crippen molar-refractivity contribution in [3.8, 4) is 11.1 Å². The first-order valence-electron chi connectivity index (χ1n) is 10.1. The van der Waals surface area contributed by atoms with Crippen molar-refractivity contribution in [1.82, 2.24) is 9.97 Å². The fourth-order valence-corrected chi connectivity index (χ4v) is 5.08. The first-order chi connectivity index (χ1) is 14.2. The molecule has 4 aromatic rings. The molecule has 3 heterocycles. The second-order valence-corrected chi connectivity index (χ2v) is 8.44. The van der Waals surface area contributed by atoms with Crippen molar-refractivity contribution in [3.05, 3.63) is 71.4 Å². The third-order valence-electron chi connectivity index (χ3n) is 5.93. The topological polar surface area (TPSA) is 32.3 Å². The number of benzene rings is 2. The Bertz CT molecular complexity index is 1140. The van der Waals surface area contributed by atoms with Crippen molar-refractivity contribution in [2.24, 2.45) is 0 Å². The highest BCUT2D eigenvalue weighted by Gasteiger charge is 2.23. The molecule has 1 aliphatic heterocycles. The summed E-state index contributed by atoms with van der Waals surface area (Å²) in [4.78, 5) is 15.2. The van der Waals surface area contributed by atoms with Crippen LogP contribution in [0.15, 0.2) is 60.2 Å². The molecule has 1 saturated heterocycles. The van der Waals surface area contributed by atoms with Gasteiger partial charge in [0.15, 0.2) is 0 Å². The molecule has 1 fully saturated rings. The number of aryl methyl sites for hydroxylation is 1.